The third kappa shape index (κ3) is 7.75. The number of nitrogens with zero attached hydrogens (tertiary/aromatic N) is 6. The average molecular weight is 698 g/mol. The molecule has 4 aromatic rings. The molecule has 2 aliphatic heterocycles. The Labute approximate surface area is 295 Å². The summed E-state index contributed by atoms with van der Waals surface area (Å²) in [4.78, 5) is 37.3. The Balaban J connectivity index is 1.44. The van der Waals surface area contributed by atoms with Gasteiger partial charge in [0, 0.05) is 29.8 Å². The maximum Gasteiger partial charge on any atom is 0.264 e. The van der Waals surface area contributed by atoms with E-state index in [9.17, 15) is 13.2 Å². The monoisotopic (exact) mass is 697 g/mol. The number of anilines is 2. The number of amides is 1. The molecule has 6 rings (SSSR count). The number of ether oxygens (including phenoxy) is 1. The molecule has 0 saturated carbocycles. The van der Waals surface area contributed by atoms with Crippen molar-refractivity contribution in [3.63, 3.8) is 0 Å². The fraction of sp³-hybridized carbons (Fsp3) is 0.447. The van der Waals surface area contributed by atoms with Gasteiger partial charge >= 0.3 is 0 Å². The van der Waals surface area contributed by atoms with E-state index in [1.54, 1.807) is 35.5 Å². The Morgan fingerprint density at radius 2 is 1.74 bits per heavy atom. The van der Waals surface area contributed by atoms with Crippen molar-refractivity contribution in [2.24, 2.45) is 11.8 Å². The van der Waals surface area contributed by atoms with Crippen molar-refractivity contribution in [2.75, 3.05) is 22.8 Å². The summed E-state index contributed by atoms with van der Waals surface area (Å²) >= 11 is 0. The second-order valence-corrected chi connectivity index (χ2v) is 15.9. The molecule has 2 atom stereocenters. The van der Waals surface area contributed by atoms with E-state index in [0.717, 1.165) is 48.3 Å². The van der Waals surface area contributed by atoms with Crippen molar-refractivity contribution in [1.82, 2.24) is 24.8 Å². The molecule has 0 radical (unpaired) electrons. The fourth-order valence-corrected chi connectivity index (χ4v) is 7.98. The van der Waals surface area contributed by atoms with Gasteiger partial charge < -0.3 is 14.5 Å². The van der Waals surface area contributed by atoms with Crippen molar-refractivity contribution in [3.8, 4) is 17.1 Å². The van der Waals surface area contributed by atoms with E-state index in [2.05, 4.69) is 52.3 Å². The molecule has 1 amide bonds. The number of carbonyl (C=O) groups is 1. The standard InChI is InChI=1S/C38H47N7O4S/c1-24(2)15-16-30-23-49-35-19-32(36-26(5)10-7-11-27(36)6)41-38(42-35)43-50(47,48)31-13-8-12-28(18-31)37(46)45(30)22-29-20-39-21-34(40-29)44-17-9-14-33(44)25(3)4/h7-8,10-13,18-21,24-25,30,33H,9,14-17,22-23H2,1-6H3,(H,41,42,43)/t30-,33+/m1/s1. The highest BCUT2D eigenvalue weighted by Gasteiger charge is 2.31. The molecular formula is C38H47N7O4S. The number of fused-ring (bicyclic) bond motifs is 4. The van der Waals surface area contributed by atoms with Crippen LogP contribution in [0.5, 0.6) is 5.88 Å². The first-order valence-corrected chi connectivity index (χ1v) is 19.0. The molecule has 2 aromatic carbocycles. The van der Waals surface area contributed by atoms with E-state index in [4.69, 9.17) is 9.72 Å². The lowest BCUT2D eigenvalue weighted by Crippen LogP contribution is -2.44. The lowest BCUT2D eigenvalue weighted by atomic mass is 10.00. The van der Waals surface area contributed by atoms with Gasteiger partial charge in [-0.15, -0.1) is 0 Å². The van der Waals surface area contributed by atoms with E-state index in [1.165, 1.54) is 12.1 Å². The summed E-state index contributed by atoms with van der Waals surface area (Å²) < 4.78 is 36.4. The smallest absolute Gasteiger partial charge is 0.264 e. The quantitative estimate of drug-likeness (QED) is 0.211. The van der Waals surface area contributed by atoms with Crippen molar-refractivity contribution in [2.45, 2.75) is 90.7 Å². The molecule has 2 aromatic heterocycles. The van der Waals surface area contributed by atoms with Crippen LogP contribution in [0, 0.1) is 25.7 Å². The number of hydrogen-bond acceptors (Lipinski definition) is 9. The molecule has 0 aliphatic carbocycles. The fourth-order valence-electron chi connectivity index (χ4n) is 6.99. The Kier molecular flexibility index (Phi) is 10.4. The lowest BCUT2D eigenvalue weighted by Gasteiger charge is -2.33. The van der Waals surface area contributed by atoms with Crippen LogP contribution in [0.2, 0.25) is 0 Å². The molecule has 11 nitrogen and oxygen atoms in total. The molecule has 4 bridgehead atoms. The molecule has 12 heteroatoms. The Hall–Kier alpha value is -4.58. The molecular weight excluding hydrogens is 651 g/mol. The van der Waals surface area contributed by atoms with Crippen LogP contribution >= 0.6 is 0 Å². The Morgan fingerprint density at radius 1 is 0.980 bits per heavy atom. The first-order chi connectivity index (χ1) is 23.9. The number of benzene rings is 2. The number of nitrogens with one attached hydrogen (secondary N) is 1. The maximum atomic E-state index is 14.5. The van der Waals surface area contributed by atoms with Gasteiger partial charge in [0.1, 0.15) is 12.4 Å². The third-order valence-corrected chi connectivity index (χ3v) is 11.0. The van der Waals surface area contributed by atoms with E-state index >= 15 is 0 Å². The number of hydrogen-bond donors (Lipinski definition) is 1. The van der Waals surface area contributed by atoms with Gasteiger partial charge in [0.2, 0.25) is 11.8 Å². The molecule has 0 spiro atoms. The molecule has 1 N–H and O–H groups in total. The first kappa shape index (κ1) is 35.3. The highest BCUT2D eigenvalue weighted by Crippen LogP contribution is 2.31. The van der Waals surface area contributed by atoms with Crippen LogP contribution in [-0.4, -0.2) is 64.4 Å². The maximum absolute atomic E-state index is 14.5. The minimum atomic E-state index is -4.17. The normalized spacial score (nSPS) is 19.1. The molecule has 2 aliphatic rings. The molecule has 4 heterocycles. The summed E-state index contributed by atoms with van der Waals surface area (Å²) in [5.41, 5.74) is 4.27. The van der Waals surface area contributed by atoms with E-state index in [-0.39, 0.29) is 47.4 Å². The van der Waals surface area contributed by atoms with Crippen LogP contribution in [0.3, 0.4) is 0 Å². The summed E-state index contributed by atoms with van der Waals surface area (Å²) in [6, 6.07) is 13.8. The number of aryl methyl sites for hydroxylation is 2. The second-order valence-electron chi connectivity index (χ2n) is 14.2. The van der Waals surface area contributed by atoms with Gasteiger partial charge in [-0.05, 0) is 80.7 Å². The molecule has 0 unspecified atom stereocenters. The number of aromatic nitrogens is 4. The van der Waals surface area contributed by atoms with Gasteiger partial charge in [-0.25, -0.2) is 23.1 Å². The van der Waals surface area contributed by atoms with Crippen molar-refractivity contribution in [1.29, 1.82) is 0 Å². The van der Waals surface area contributed by atoms with Crippen molar-refractivity contribution >= 4 is 27.7 Å². The predicted octanol–water partition coefficient (Wildman–Crippen LogP) is 6.82. The van der Waals surface area contributed by atoms with Gasteiger partial charge in [-0.3, -0.25) is 9.78 Å². The summed E-state index contributed by atoms with van der Waals surface area (Å²) in [6.45, 7) is 13.9. The van der Waals surface area contributed by atoms with E-state index < -0.39 is 10.0 Å². The van der Waals surface area contributed by atoms with E-state index in [1.807, 2.05) is 32.0 Å². The topological polar surface area (TPSA) is 131 Å². The predicted molar refractivity (Wildman–Crippen MR) is 195 cm³/mol. The van der Waals surface area contributed by atoms with Gasteiger partial charge in [0.05, 0.1) is 41.3 Å². The number of sulfonamides is 1. The molecule has 1 fully saturated rings. The van der Waals surface area contributed by atoms with Gasteiger partial charge in [0.25, 0.3) is 15.9 Å². The highest BCUT2D eigenvalue weighted by molar-refractivity contribution is 7.92. The average Bonchev–Trinajstić information content (AvgIpc) is 3.58. The van der Waals surface area contributed by atoms with Crippen LogP contribution in [-0.2, 0) is 16.6 Å². The first-order valence-electron chi connectivity index (χ1n) is 17.5. The second kappa shape index (κ2) is 14.7. The summed E-state index contributed by atoms with van der Waals surface area (Å²) in [6.07, 6.45) is 7.19. The minimum absolute atomic E-state index is 0.0691. The van der Waals surface area contributed by atoms with Crippen molar-refractivity contribution in [3.05, 3.63) is 83.3 Å². The van der Waals surface area contributed by atoms with Crippen molar-refractivity contribution < 1.29 is 17.9 Å². The van der Waals surface area contributed by atoms with Gasteiger partial charge in [-0.2, -0.15) is 4.98 Å². The summed E-state index contributed by atoms with van der Waals surface area (Å²) in [5, 5.41) is 0. The lowest BCUT2D eigenvalue weighted by molar-refractivity contribution is 0.0561. The van der Waals surface area contributed by atoms with Gasteiger partial charge in [0.15, 0.2) is 0 Å². The van der Waals surface area contributed by atoms with Crippen LogP contribution < -0.4 is 14.4 Å². The van der Waals surface area contributed by atoms with E-state index in [0.29, 0.717) is 35.7 Å². The van der Waals surface area contributed by atoms with Crippen LogP contribution in [0.4, 0.5) is 11.8 Å². The zero-order valence-corrected chi connectivity index (χ0v) is 30.6. The highest BCUT2D eigenvalue weighted by atomic mass is 32.2. The Morgan fingerprint density at radius 3 is 2.48 bits per heavy atom. The minimum Gasteiger partial charge on any atom is -0.475 e. The zero-order valence-electron chi connectivity index (χ0n) is 29.8. The third-order valence-electron chi connectivity index (χ3n) is 9.63. The van der Waals surface area contributed by atoms with Gasteiger partial charge in [-0.1, -0.05) is 52.0 Å². The Bertz CT molecular complexity index is 1950. The number of rotatable bonds is 8. The van der Waals surface area contributed by atoms with Crippen LogP contribution in [0.15, 0.2) is 65.8 Å². The number of carbonyl (C=O) groups excluding carboxylic acids is 1. The van der Waals surface area contributed by atoms with Crippen LogP contribution in [0.25, 0.3) is 11.3 Å². The molecule has 50 heavy (non-hydrogen) atoms. The molecule has 264 valence electrons. The zero-order chi connectivity index (χ0) is 35.6. The summed E-state index contributed by atoms with van der Waals surface area (Å²) in [5.74, 6) is 1.43. The molecule has 1 saturated heterocycles. The summed E-state index contributed by atoms with van der Waals surface area (Å²) in [7, 11) is -4.17. The SMILES string of the molecule is Cc1cccc(C)c1-c1cc2nc(n1)NS(=O)(=O)c1cccc(c1)C(=O)N(Cc1cncc(N3CCC[C@H]3C(C)C)n1)[C@H](CCC(C)C)CO2. The largest absolute Gasteiger partial charge is 0.475 e. The van der Waals surface area contributed by atoms with Crippen LogP contribution in [0.1, 0.15) is 80.6 Å².